The minimum Gasteiger partial charge on any atom is -0.493 e. The molecule has 3 aliphatic heterocycles. The Morgan fingerprint density at radius 1 is 1.00 bits per heavy atom. The summed E-state index contributed by atoms with van der Waals surface area (Å²) in [7, 11) is 3.83. The number of benzene rings is 3. The van der Waals surface area contributed by atoms with Crippen molar-refractivity contribution in [1.29, 1.82) is 5.41 Å². The van der Waals surface area contributed by atoms with Crippen LogP contribution >= 0.6 is 0 Å². The fourth-order valence-corrected chi connectivity index (χ4v) is 6.89. The van der Waals surface area contributed by atoms with Crippen molar-refractivity contribution in [2.24, 2.45) is 10.9 Å². The molecule has 3 aromatic carbocycles. The van der Waals surface area contributed by atoms with E-state index < -0.39 is 0 Å². The molecule has 1 amide bonds. The molecule has 2 fully saturated rings. The first-order valence-corrected chi connectivity index (χ1v) is 15.8. The summed E-state index contributed by atoms with van der Waals surface area (Å²) in [6.45, 7) is 6.07. The van der Waals surface area contributed by atoms with Crippen molar-refractivity contribution in [1.82, 2.24) is 15.1 Å². The second-order valence-corrected chi connectivity index (χ2v) is 12.2. The fourth-order valence-electron chi connectivity index (χ4n) is 6.89. The van der Waals surface area contributed by atoms with Crippen LogP contribution in [0.1, 0.15) is 64.7 Å². The minimum absolute atomic E-state index is 0.174. The van der Waals surface area contributed by atoms with E-state index in [9.17, 15) is 4.79 Å². The largest absolute Gasteiger partial charge is 0.493 e. The van der Waals surface area contributed by atoms with Crippen LogP contribution in [-0.2, 0) is 6.42 Å². The van der Waals surface area contributed by atoms with Gasteiger partial charge in [0, 0.05) is 42.2 Å². The van der Waals surface area contributed by atoms with Crippen molar-refractivity contribution in [3.63, 3.8) is 0 Å². The highest BCUT2D eigenvalue weighted by Crippen LogP contribution is 2.42. The van der Waals surface area contributed by atoms with Crippen molar-refractivity contribution in [3.05, 3.63) is 94.5 Å². The number of likely N-dealkylation sites (tertiary alicyclic amines) is 2. The van der Waals surface area contributed by atoms with Crippen molar-refractivity contribution in [2.75, 3.05) is 46.9 Å². The average molecular weight is 594 g/mol. The molecule has 3 aliphatic rings. The molecule has 2 N–H and O–H groups in total. The molecule has 8 nitrogen and oxygen atoms in total. The molecule has 0 spiro atoms. The number of methoxy groups -OCH3 is 1. The maximum absolute atomic E-state index is 13.1. The van der Waals surface area contributed by atoms with Crippen LogP contribution in [0.3, 0.4) is 0 Å². The number of guanidine groups is 1. The Hall–Kier alpha value is -4.17. The maximum atomic E-state index is 13.1. The van der Waals surface area contributed by atoms with E-state index in [2.05, 4.69) is 53.7 Å². The smallest absolute Gasteiger partial charge is 0.257 e. The Balaban J connectivity index is 1.14. The predicted octanol–water partition coefficient (Wildman–Crippen LogP) is 5.35. The number of carbonyl (C=O) groups is 1. The summed E-state index contributed by atoms with van der Waals surface area (Å²) in [4.78, 5) is 22.8. The highest BCUT2D eigenvalue weighted by molar-refractivity contribution is 6.15. The van der Waals surface area contributed by atoms with E-state index in [1.807, 2.05) is 42.2 Å². The van der Waals surface area contributed by atoms with E-state index in [1.54, 1.807) is 7.11 Å². The predicted molar refractivity (Wildman–Crippen MR) is 175 cm³/mol. The summed E-state index contributed by atoms with van der Waals surface area (Å²) in [5.41, 5.74) is 6.05. The number of piperidine rings is 2. The molecule has 2 saturated heterocycles. The Morgan fingerprint density at radius 2 is 1.75 bits per heavy atom. The zero-order valence-corrected chi connectivity index (χ0v) is 26.0. The number of hydrogen-bond acceptors (Lipinski definition) is 6. The first-order valence-electron chi connectivity index (χ1n) is 15.8. The molecule has 0 bridgehead atoms. The third kappa shape index (κ3) is 6.36. The van der Waals surface area contributed by atoms with Crippen molar-refractivity contribution in [2.45, 2.75) is 44.6 Å². The molecule has 0 radical (unpaired) electrons. The van der Waals surface area contributed by atoms with Crippen LogP contribution in [0.5, 0.6) is 11.5 Å². The van der Waals surface area contributed by atoms with Crippen LogP contribution in [0.15, 0.2) is 71.7 Å². The van der Waals surface area contributed by atoms with E-state index in [-0.39, 0.29) is 23.8 Å². The number of fused-ring (bicyclic) bond motifs is 3. The van der Waals surface area contributed by atoms with Gasteiger partial charge in [-0.3, -0.25) is 20.5 Å². The van der Waals surface area contributed by atoms with Gasteiger partial charge >= 0.3 is 0 Å². The second kappa shape index (κ2) is 13.2. The summed E-state index contributed by atoms with van der Waals surface area (Å²) in [6.07, 6.45) is 4.09. The van der Waals surface area contributed by atoms with Gasteiger partial charge < -0.3 is 19.3 Å². The lowest BCUT2D eigenvalue weighted by atomic mass is 9.79. The molecule has 0 aromatic heterocycles. The van der Waals surface area contributed by atoms with E-state index >= 15 is 0 Å². The summed E-state index contributed by atoms with van der Waals surface area (Å²) < 4.78 is 11.7. The van der Waals surface area contributed by atoms with E-state index in [0.717, 1.165) is 74.5 Å². The summed E-state index contributed by atoms with van der Waals surface area (Å²) in [5.74, 6) is 2.26. The Bertz CT molecular complexity index is 1510. The van der Waals surface area contributed by atoms with Crippen molar-refractivity contribution in [3.8, 4) is 11.5 Å². The Morgan fingerprint density at radius 3 is 2.45 bits per heavy atom. The van der Waals surface area contributed by atoms with Gasteiger partial charge in [-0.15, -0.1) is 0 Å². The molecule has 230 valence electrons. The van der Waals surface area contributed by atoms with E-state index in [1.165, 1.54) is 11.1 Å². The number of carbonyl (C=O) groups excluding carboxylic acids is 1. The van der Waals surface area contributed by atoms with Gasteiger partial charge in [-0.25, -0.2) is 0 Å². The fraction of sp³-hybridized carbons (Fsp3) is 0.417. The highest BCUT2D eigenvalue weighted by Gasteiger charge is 2.36. The summed E-state index contributed by atoms with van der Waals surface area (Å²) in [6, 6.07) is 22.6. The van der Waals surface area contributed by atoms with Crippen LogP contribution in [0.4, 0.5) is 0 Å². The first-order chi connectivity index (χ1) is 21.4. The molecule has 44 heavy (non-hydrogen) atoms. The number of ether oxygens (including phenoxy) is 2. The average Bonchev–Trinajstić information content (AvgIpc) is 3.05. The Labute approximate surface area is 260 Å². The van der Waals surface area contributed by atoms with Crippen molar-refractivity contribution < 1.29 is 14.3 Å². The molecule has 3 heterocycles. The van der Waals surface area contributed by atoms with Gasteiger partial charge in [-0.2, -0.15) is 0 Å². The third-order valence-electron chi connectivity index (χ3n) is 9.31. The van der Waals surface area contributed by atoms with Gasteiger partial charge in [-0.05, 0) is 87.5 Å². The van der Waals surface area contributed by atoms with Gasteiger partial charge in [0.2, 0.25) is 0 Å². The topological polar surface area (TPSA) is 90.2 Å². The number of hydrogen-bond donors (Lipinski definition) is 2. The number of aliphatic imine (C=N–C) groups is 1. The van der Waals surface area contributed by atoms with Crippen LogP contribution in [0.25, 0.3) is 0 Å². The maximum Gasteiger partial charge on any atom is 0.257 e. The quantitative estimate of drug-likeness (QED) is 0.285. The molecule has 0 aliphatic carbocycles. The van der Waals surface area contributed by atoms with E-state index in [0.29, 0.717) is 23.8 Å². The van der Waals surface area contributed by atoms with Crippen molar-refractivity contribution >= 4 is 17.6 Å². The van der Waals surface area contributed by atoms with Gasteiger partial charge in [-0.1, -0.05) is 42.5 Å². The van der Waals surface area contributed by atoms with Crippen LogP contribution in [0, 0.1) is 11.3 Å². The molecule has 3 aromatic rings. The lowest BCUT2D eigenvalue weighted by Crippen LogP contribution is -2.47. The van der Waals surface area contributed by atoms with Gasteiger partial charge in [0.25, 0.3) is 5.91 Å². The lowest BCUT2D eigenvalue weighted by Gasteiger charge is -2.39. The standard InChI is InChI=1S/C36H43N5O3/c1-4-44-33-21-28-29(22-32(33)43-3)34(38-31-16-17-40(2)23-30(28)31)26-10-12-27(13-11-26)35(42)39-36(37)41-18-14-25(15-19-41)20-24-8-6-5-7-9-24/h5-13,21-22,25,30-31H,4,14-20,23H2,1-3H3,(H2,37,39,42)/t30-,31-/m1/s1. The van der Waals surface area contributed by atoms with Crippen LogP contribution in [-0.4, -0.2) is 80.4 Å². The van der Waals surface area contributed by atoms with Gasteiger partial charge in [0.1, 0.15) is 0 Å². The third-order valence-corrected chi connectivity index (χ3v) is 9.31. The van der Waals surface area contributed by atoms with Gasteiger partial charge in [0.05, 0.1) is 25.5 Å². The molecular weight excluding hydrogens is 550 g/mol. The number of amides is 1. The first kappa shape index (κ1) is 29.9. The van der Waals surface area contributed by atoms with Gasteiger partial charge in [0.15, 0.2) is 17.5 Å². The molecule has 0 saturated carbocycles. The normalized spacial score (nSPS) is 20.2. The number of nitrogens with one attached hydrogen (secondary N) is 2. The highest BCUT2D eigenvalue weighted by atomic mass is 16.5. The number of rotatable bonds is 7. The molecule has 0 unspecified atom stereocenters. The Kier molecular flexibility index (Phi) is 8.98. The zero-order chi connectivity index (χ0) is 30.6. The molecule has 2 atom stereocenters. The summed E-state index contributed by atoms with van der Waals surface area (Å²) >= 11 is 0. The minimum atomic E-state index is -0.266. The van der Waals surface area contributed by atoms with Crippen LogP contribution in [0.2, 0.25) is 0 Å². The number of nitrogens with zero attached hydrogens (tertiary/aromatic N) is 3. The zero-order valence-electron chi connectivity index (χ0n) is 26.0. The van der Waals surface area contributed by atoms with E-state index in [4.69, 9.17) is 19.9 Å². The lowest BCUT2D eigenvalue weighted by molar-refractivity contribution is 0.0970. The molecule has 6 rings (SSSR count). The molecular formula is C36H43N5O3. The SMILES string of the molecule is CCOc1cc2c(cc1OC)C(c1ccc(C(=O)NC(=N)N3CCC(Cc4ccccc4)CC3)cc1)=N[C@@H]1CCN(C)C[C@H]21. The van der Waals surface area contributed by atoms with Crippen LogP contribution < -0.4 is 14.8 Å². The second-order valence-electron chi connectivity index (χ2n) is 12.2. The number of likely N-dealkylation sites (N-methyl/N-ethyl adjacent to an activating group) is 1. The summed E-state index contributed by atoms with van der Waals surface area (Å²) in [5, 5.41) is 11.4. The molecule has 8 heteroatoms. The monoisotopic (exact) mass is 593 g/mol.